The number of nitriles is 1. The van der Waals surface area contributed by atoms with Crippen LogP contribution >= 0.6 is 11.6 Å². The van der Waals surface area contributed by atoms with E-state index in [1.54, 1.807) is 37.5 Å². The lowest BCUT2D eigenvalue weighted by Gasteiger charge is -2.24. The van der Waals surface area contributed by atoms with E-state index in [0.29, 0.717) is 16.9 Å². The fourth-order valence-corrected chi connectivity index (χ4v) is 3.66. The lowest BCUT2D eigenvalue weighted by atomic mass is 9.87. The summed E-state index contributed by atoms with van der Waals surface area (Å²) >= 11 is 6.16. The van der Waals surface area contributed by atoms with Gasteiger partial charge in [-0.25, -0.2) is 0 Å². The number of benzene rings is 1. The summed E-state index contributed by atoms with van der Waals surface area (Å²) in [7, 11) is 0. The van der Waals surface area contributed by atoms with Crippen molar-refractivity contribution in [1.29, 1.82) is 5.26 Å². The van der Waals surface area contributed by atoms with E-state index >= 15 is 0 Å². The van der Waals surface area contributed by atoms with Gasteiger partial charge >= 0.3 is 6.18 Å². The molecule has 4 nitrogen and oxygen atoms in total. The fraction of sp³-hybridized carbons (Fsp3) is 0.368. The molecular weight excluding hydrogens is 379 g/mol. The minimum atomic E-state index is -4.41. The van der Waals surface area contributed by atoms with Gasteiger partial charge in [-0.3, -0.25) is 10.3 Å². The lowest BCUT2D eigenvalue weighted by molar-refractivity contribution is -0.156. The summed E-state index contributed by atoms with van der Waals surface area (Å²) in [5.74, 6) is -0.252. The van der Waals surface area contributed by atoms with Gasteiger partial charge in [0.15, 0.2) is 0 Å². The van der Waals surface area contributed by atoms with Crippen LogP contribution in [0.1, 0.15) is 29.0 Å². The number of alkyl halides is 3. The molecule has 3 unspecified atom stereocenters. The van der Waals surface area contributed by atoms with Crippen LogP contribution in [0.4, 0.5) is 13.2 Å². The molecule has 3 atom stereocenters. The summed E-state index contributed by atoms with van der Waals surface area (Å²) in [4.78, 5) is 3.87. The number of halogens is 4. The Balaban J connectivity index is 1.83. The molecule has 1 fully saturated rings. The van der Waals surface area contributed by atoms with E-state index in [9.17, 15) is 13.2 Å². The highest BCUT2D eigenvalue weighted by Gasteiger charge is 2.51. The SMILES string of the molecule is Cc1c(C2CC(COc3ccncc3)NC2C(F)(F)F)ccc(C#N)c1Cl. The summed E-state index contributed by atoms with van der Waals surface area (Å²) in [5, 5.41) is 11.9. The molecule has 0 aliphatic carbocycles. The van der Waals surface area contributed by atoms with Crippen LogP contribution in [0.15, 0.2) is 36.7 Å². The van der Waals surface area contributed by atoms with Crippen LogP contribution in [0.25, 0.3) is 0 Å². The number of hydrogen-bond acceptors (Lipinski definition) is 4. The van der Waals surface area contributed by atoms with E-state index in [0.717, 1.165) is 0 Å². The Morgan fingerprint density at radius 3 is 2.63 bits per heavy atom. The summed E-state index contributed by atoms with van der Waals surface area (Å²) < 4.78 is 46.4. The van der Waals surface area contributed by atoms with Gasteiger partial charge in [-0.2, -0.15) is 18.4 Å². The van der Waals surface area contributed by atoms with Crippen molar-refractivity contribution in [3.05, 3.63) is 58.4 Å². The number of pyridine rings is 1. The zero-order chi connectivity index (χ0) is 19.6. The third-order valence-electron chi connectivity index (χ3n) is 4.76. The Labute approximate surface area is 159 Å². The van der Waals surface area contributed by atoms with E-state index in [1.165, 1.54) is 6.07 Å². The fourth-order valence-electron chi connectivity index (χ4n) is 3.45. The zero-order valence-electron chi connectivity index (χ0n) is 14.4. The quantitative estimate of drug-likeness (QED) is 0.835. The lowest BCUT2D eigenvalue weighted by Crippen LogP contribution is -2.44. The van der Waals surface area contributed by atoms with Crippen molar-refractivity contribution >= 4 is 11.6 Å². The standard InChI is InChI=1S/C19H17ClF3N3O/c1-11-15(3-2-12(9-24)17(11)20)16-8-13(26-18(16)19(21,22)23)10-27-14-4-6-25-7-5-14/h2-7,13,16,18,26H,8,10H2,1H3. The zero-order valence-corrected chi connectivity index (χ0v) is 15.2. The number of nitrogens with zero attached hydrogens (tertiary/aromatic N) is 2. The molecular formula is C19H17ClF3N3O. The molecule has 0 radical (unpaired) electrons. The molecule has 1 aromatic carbocycles. The summed E-state index contributed by atoms with van der Waals surface area (Å²) in [5.41, 5.74) is 1.26. The molecule has 1 N–H and O–H groups in total. The van der Waals surface area contributed by atoms with Crippen LogP contribution in [0.3, 0.4) is 0 Å². The monoisotopic (exact) mass is 395 g/mol. The summed E-state index contributed by atoms with van der Waals surface area (Å²) in [6.45, 7) is 1.75. The van der Waals surface area contributed by atoms with Crippen molar-refractivity contribution < 1.29 is 17.9 Å². The first-order valence-electron chi connectivity index (χ1n) is 8.36. The van der Waals surface area contributed by atoms with Gasteiger partial charge < -0.3 is 4.74 Å². The molecule has 2 aromatic rings. The van der Waals surface area contributed by atoms with E-state index in [1.807, 2.05) is 6.07 Å². The molecule has 0 amide bonds. The second-order valence-corrected chi connectivity index (χ2v) is 6.85. The van der Waals surface area contributed by atoms with Gasteiger partial charge in [0.05, 0.1) is 10.6 Å². The summed E-state index contributed by atoms with van der Waals surface area (Å²) in [6.07, 6.45) is -1.05. The van der Waals surface area contributed by atoms with Gasteiger partial charge in [0.2, 0.25) is 0 Å². The summed E-state index contributed by atoms with van der Waals surface area (Å²) in [6, 6.07) is 6.12. The highest BCUT2D eigenvalue weighted by molar-refractivity contribution is 6.32. The van der Waals surface area contributed by atoms with E-state index in [2.05, 4.69) is 10.3 Å². The number of aromatic nitrogens is 1. The first-order chi connectivity index (χ1) is 12.8. The maximum absolute atomic E-state index is 13.6. The van der Waals surface area contributed by atoms with Crippen LogP contribution in [0.2, 0.25) is 5.02 Å². The second kappa shape index (κ2) is 7.75. The molecule has 142 valence electrons. The van der Waals surface area contributed by atoms with Crippen molar-refractivity contribution in [2.45, 2.75) is 37.5 Å². The van der Waals surface area contributed by atoms with Crippen molar-refractivity contribution in [3.63, 3.8) is 0 Å². The Morgan fingerprint density at radius 1 is 1.30 bits per heavy atom. The molecule has 8 heteroatoms. The molecule has 0 bridgehead atoms. The van der Waals surface area contributed by atoms with Gasteiger partial charge in [0.25, 0.3) is 0 Å². The molecule has 0 saturated carbocycles. The molecule has 1 saturated heterocycles. The maximum Gasteiger partial charge on any atom is 0.404 e. The average molecular weight is 396 g/mol. The molecule has 2 heterocycles. The molecule has 1 aromatic heterocycles. The van der Waals surface area contributed by atoms with Gasteiger partial charge in [-0.1, -0.05) is 17.7 Å². The topological polar surface area (TPSA) is 57.9 Å². The first-order valence-corrected chi connectivity index (χ1v) is 8.73. The third kappa shape index (κ3) is 4.18. The smallest absolute Gasteiger partial charge is 0.404 e. The largest absolute Gasteiger partial charge is 0.492 e. The molecule has 1 aliphatic rings. The maximum atomic E-state index is 13.6. The number of nitrogens with one attached hydrogen (secondary N) is 1. The highest BCUT2D eigenvalue weighted by Crippen LogP contribution is 2.42. The number of rotatable bonds is 4. The van der Waals surface area contributed by atoms with Crippen molar-refractivity contribution in [1.82, 2.24) is 10.3 Å². The average Bonchev–Trinajstić information content (AvgIpc) is 3.07. The van der Waals surface area contributed by atoms with Gasteiger partial charge in [-0.15, -0.1) is 0 Å². The van der Waals surface area contributed by atoms with Crippen molar-refractivity contribution in [2.24, 2.45) is 0 Å². The van der Waals surface area contributed by atoms with Crippen LogP contribution in [-0.2, 0) is 0 Å². The molecule has 1 aliphatic heterocycles. The van der Waals surface area contributed by atoms with Crippen LogP contribution in [-0.4, -0.2) is 29.9 Å². The van der Waals surface area contributed by atoms with E-state index in [4.69, 9.17) is 21.6 Å². The van der Waals surface area contributed by atoms with Gasteiger partial charge in [0, 0.05) is 24.4 Å². The predicted octanol–water partition coefficient (Wildman–Crippen LogP) is 4.37. The Kier molecular flexibility index (Phi) is 5.59. The Morgan fingerprint density at radius 2 is 2.00 bits per heavy atom. The van der Waals surface area contributed by atoms with E-state index < -0.39 is 24.2 Å². The Bertz CT molecular complexity index is 852. The predicted molar refractivity (Wildman–Crippen MR) is 94.8 cm³/mol. The van der Waals surface area contributed by atoms with E-state index in [-0.39, 0.29) is 23.6 Å². The third-order valence-corrected chi connectivity index (χ3v) is 5.24. The molecule has 0 spiro atoms. The van der Waals surface area contributed by atoms with Crippen LogP contribution in [0, 0.1) is 18.3 Å². The second-order valence-electron chi connectivity index (χ2n) is 6.47. The first kappa shape index (κ1) is 19.5. The molecule has 27 heavy (non-hydrogen) atoms. The highest BCUT2D eigenvalue weighted by atomic mass is 35.5. The van der Waals surface area contributed by atoms with Crippen molar-refractivity contribution in [3.8, 4) is 11.8 Å². The van der Waals surface area contributed by atoms with Gasteiger partial charge in [0.1, 0.15) is 24.5 Å². The van der Waals surface area contributed by atoms with Crippen LogP contribution in [0.5, 0.6) is 5.75 Å². The minimum Gasteiger partial charge on any atom is -0.492 e. The minimum absolute atomic E-state index is 0.107. The number of ether oxygens (including phenoxy) is 1. The Hall–Kier alpha value is -2.30. The normalized spacial score (nSPS) is 22.4. The van der Waals surface area contributed by atoms with Crippen molar-refractivity contribution in [2.75, 3.05) is 6.61 Å². The molecule has 3 rings (SSSR count). The van der Waals surface area contributed by atoms with Gasteiger partial charge in [-0.05, 0) is 42.7 Å². The van der Waals surface area contributed by atoms with Crippen LogP contribution < -0.4 is 10.1 Å². The number of hydrogen-bond donors (Lipinski definition) is 1.